The van der Waals surface area contributed by atoms with Crippen molar-refractivity contribution < 1.29 is 14.6 Å². The molecule has 0 spiro atoms. The van der Waals surface area contributed by atoms with Gasteiger partial charge in [-0.2, -0.15) is 0 Å². The van der Waals surface area contributed by atoms with Crippen LogP contribution in [0.3, 0.4) is 0 Å². The van der Waals surface area contributed by atoms with Crippen LogP contribution in [0.2, 0.25) is 0 Å². The number of rotatable bonds is 6. The van der Waals surface area contributed by atoms with E-state index < -0.39 is 0 Å². The van der Waals surface area contributed by atoms with Gasteiger partial charge in [0.2, 0.25) is 0 Å². The third kappa shape index (κ3) is 4.58. The first kappa shape index (κ1) is 15.4. The smallest absolute Gasteiger partial charge is 0.251 e. The van der Waals surface area contributed by atoms with Crippen molar-refractivity contribution in [3.63, 3.8) is 0 Å². The number of ether oxygens (including phenoxy) is 1. The van der Waals surface area contributed by atoms with E-state index in [-0.39, 0.29) is 24.0 Å². The molecule has 0 bridgehead atoms. The molecule has 1 amide bonds. The summed E-state index contributed by atoms with van der Waals surface area (Å²) in [5.74, 6) is 0.873. The number of hydrogen-bond acceptors (Lipinski definition) is 3. The second kappa shape index (κ2) is 7.10. The van der Waals surface area contributed by atoms with Crippen LogP contribution in [0.25, 0.3) is 0 Å². The van der Waals surface area contributed by atoms with E-state index in [1.807, 2.05) is 11.8 Å². The second-order valence-corrected chi connectivity index (χ2v) is 5.77. The van der Waals surface area contributed by atoms with E-state index in [2.05, 4.69) is 13.8 Å². The molecule has 3 unspecified atom stereocenters. The number of amides is 1. The van der Waals surface area contributed by atoms with Gasteiger partial charge >= 0.3 is 0 Å². The topological polar surface area (TPSA) is 49.8 Å². The third-order valence-electron chi connectivity index (χ3n) is 3.63. The standard InChI is InChI=1S/C14H27NO3/c1-10(2)6-8-18-12(4)14(17)15-7-5-13(9-15)11(3)16/h10-13,16H,5-9H2,1-4H3. The highest BCUT2D eigenvalue weighted by atomic mass is 16.5. The minimum atomic E-state index is -0.364. The lowest BCUT2D eigenvalue weighted by Gasteiger charge is -2.22. The number of hydrogen-bond donors (Lipinski definition) is 1. The molecule has 0 aromatic heterocycles. The summed E-state index contributed by atoms with van der Waals surface area (Å²) in [4.78, 5) is 13.9. The number of aliphatic hydroxyl groups is 1. The number of likely N-dealkylation sites (tertiary alicyclic amines) is 1. The van der Waals surface area contributed by atoms with Gasteiger partial charge in [-0.15, -0.1) is 0 Å². The van der Waals surface area contributed by atoms with E-state index >= 15 is 0 Å². The molecule has 0 radical (unpaired) electrons. The Bertz CT molecular complexity index is 266. The van der Waals surface area contributed by atoms with E-state index in [1.54, 1.807) is 6.92 Å². The van der Waals surface area contributed by atoms with Crippen molar-refractivity contribution in [3.05, 3.63) is 0 Å². The fraction of sp³-hybridized carbons (Fsp3) is 0.929. The van der Waals surface area contributed by atoms with Crippen molar-refractivity contribution in [1.29, 1.82) is 0 Å². The quantitative estimate of drug-likeness (QED) is 0.787. The normalized spacial score (nSPS) is 23.4. The summed E-state index contributed by atoms with van der Waals surface area (Å²) in [6.45, 7) is 9.94. The molecule has 0 saturated carbocycles. The molecule has 0 aliphatic carbocycles. The Hall–Kier alpha value is -0.610. The Labute approximate surface area is 110 Å². The van der Waals surface area contributed by atoms with E-state index in [1.165, 1.54) is 0 Å². The summed E-state index contributed by atoms with van der Waals surface area (Å²) in [5, 5.41) is 9.52. The van der Waals surface area contributed by atoms with Crippen LogP contribution < -0.4 is 0 Å². The maximum atomic E-state index is 12.1. The van der Waals surface area contributed by atoms with Gasteiger partial charge in [0.25, 0.3) is 5.91 Å². The molecule has 1 aliphatic rings. The zero-order chi connectivity index (χ0) is 13.7. The highest BCUT2D eigenvalue weighted by molar-refractivity contribution is 5.80. The first-order valence-electron chi connectivity index (χ1n) is 7.00. The van der Waals surface area contributed by atoms with Gasteiger partial charge < -0.3 is 14.7 Å². The average Bonchev–Trinajstić information content (AvgIpc) is 2.76. The van der Waals surface area contributed by atoms with Crippen molar-refractivity contribution in [2.24, 2.45) is 11.8 Å². The number of carbonyl (C=O) groups is 1. The van der Waals surface area contributed by atoms with Gasteiger partial charge in [-0.25, -0.2) is 0 Å². The van der Waals surface area contributed by atoms with E-state index in [0.717, 1.165) is 19.4 Å². The number of nitrogens with zero attached hydrogens (tertiary/aromatic N) is 1. The zero-order valence-corrected chi connectivity index (χ0v) is 12.1. The van der Waals surface area contributed by atoms with Crippen LogP contribution in [0.4, 0.5) is 0 Å². The van der Waals surface area contributed by atoms with Gasteiger partial charge in [0.1, 0.15) is 6.10 Å². The van der Waals surface area contributed by atoms with Gasteiger partial charge in [0.15, 0.2) is 0 Å². The Balaban J connectivity index is 2.31. The Morgan fingerprint density at radius 3 is 2.56 bits per heavy atom. The van der Waals surface area contributed by atoms with Gasteiger partial charge in [-0.05, 0) is 32.6 Å². The highest BCUT2D eigenvalue weighted by Gasteiger charge is 2.31. The van der Waals surface area contributed by atoms with Crippen molar-refractivity contribution >= 4 is 5.91 Å². The van der Waals surface area contributed by atoms with Crippen molar-refractivity contribution in [1.82, 2.24) is 4.90 Å². The van der Waals surface area contributed by atoms with E-state index in [9.17, 15) is 9.90 Å². The molecule has 4 heteroatoms. The molecule has 1 rings (SSSR count). The summed E-state index contributed by atoms with van der Waals surface area (Å²) in [6.07, 6.45) is 1.17. The van der Waals surface area contributed by atoms with Gasteiger partial charge in [0.05, 0.1) is 6.10 Å². The van der Waals surface area contributed by atoms with Crippen molar-refractivity contribution in [2.75, 3.05) is 19.7 Å². The maximum Gasteiger partial charge on any atom is 0.251 e. The van der Waals surface area contributed by atoms with Gasteiger partial charge in [-0.3, -0.25) is 4.79 Å². The second-order valence-electron chi connectivity index (χ2n) is 5.77. The third-order valence-corrected chi connectivity index (χ3v) is 3.63. The molecule has 1 N–H and O–H groups in total. The Morgan fingerprint density at radius 2 is 2.06 bits per heavy atom. The van der Waals surface area contributed by atoms with E-state index in [4.69, 9.17) is 4.74 Å². The fourth-order valence-electron chi connectivity index (χ4n) is 2.19. The molecular weight excluding hydrogens is 230 g/mol. The molecular formula is C14H27NO3. The molecule has 1 fully saturated rings. The summed E-state index contributed by atoms with van der Waals surface area (Å²) in [7, 11) is 0. The molecule has 4 nitrogen and oxygen atoms in total. The molecule has 0 aromatic rings. The molecule has 3 atom stereocenters. The first-order valence-corrected chi connectivity index (χ1v) is 7.00. The van der Waals surface area contributed by atoms with Crippen LogP contribution in [0.5, 0.6) is 0 Å². The van der Waals surface area contributed by atoms with Crippen molar-refractivity contribution in [2.45, 2.75) is 52.7 Å². The first-order chi connectivity index (χ1) is 8.41. The average molecular weight is 257 g/mol. The largest absolute Gasteiger partial charge is 0.393 e. The summed E-state index contributed by atoms with van der Waals surface area (Å²) >= 11 is 0. The molecule has 0 aromatic carbocycles. The molecule has 1 aliphatic heterocycles. The van der Waals surface area contributed by atoms with Crippen LogP contribution >= 0.6 is 0 Å². The summed E-state index contributed by atoms with van der Waals surface area (Å²) < 4.78 is 5.57. The molecule has 1 saturated heterocycles. The fourth-order valence-corrected chi connectivity index (χ4v) is 2.19. The monoisotopic (exact) mass is 257 g/mol. The summed E-state index contributed by atoms with van der Waals surface area (Å²) in [6, 6.07) is 0. The molecule has 1 heterocycles. The number of aliphatic hydroxyl groups excluding tert-OH is 1. The van der Waals surface area contributed by atoms with E-state index in [0.29, 0.717) is 19.1 Å². The van der Waals surface area contributed by atoms with Crippen LogP contribution in [-0.2, 0) is 9.53 Å². The lowest BCUT2D eigenvalue weighted by Crippen LogP contribution is -2.38. The minimum Gasteiger partial charge on any atom is -0.393 e. The van der Waals surface area contributed by atoms with Gasteiger partial charge in [0, 0.05) is 25.6 Å². The van der Waals surface area contributed by atoms with Crippen molar-refractivity contribution in [3.8, 4) is 0 Å². The highest BCUT2D eigenvalue weighted by Crippen LogP contribution is 2.20. The summed E-state index contributed by atoms with van der Waals surface area (Å²) in [5.41, 5.74) is 0. The lowest BCUT2D eigenvalue weighted by atomic mass is 10.0. The predicted molar refractivity (Wildman–Crippen MR) is 71.2 cm³/mol. The Morgan fingerprint density at radius 1 is 1.39 bits per heavy atom. The Kier molecular flexibility index (Phi) is 6.09. The van der Waals surface area contributed by atoms with Gasteiger partial charge in [-0.1, -0.05) is 13.8 Å². The SMILES string of the molecule is CC(C)CCOC(C)C(=O)N1CCC(C(C)O)C1. The minimum absolute atomic E-state index is 0.0573. The van der Waals surface area contributed by atoms with Crippen LogP contribution in [0.1, 0.15) is 40.5 Å². The van der Waals surface area contributed by atoms with Crippen LogP contribution in [0, 0.1) is 11.8 Å². The molecule has 18 heavy (non-hydrogen) atoms. The zero-order valence-electron chi connectivity index (χ0n) is 12.1. The predicted octanol–water partition coefficient (Wildman–Crippen LogP) is 1.67. The van der Waals surface area contributed by atoms with Crippen LogP contribution in [0.15, 0.2) is 0 Å². The maximum absolute atomic E-state index is 12.1. The number of carbonyl (C=O) groups excluding carboxylic acids is 1. The lowest BCUT2D eigenvalue weighted by molar-refractivity contribution is -0.142. The van der Waals surface area contributed by atoms with Crippen LogP contribution in [-0.4, -0.2) is 47.8 Å². The molecule has 106 valence electrons.